The lowest BCUT2D eigenvalue weighted by Crippen LogP contribution is -2.44. The molecule has 2 rings (SSSR count). The molecule has 1 aromatic rings. The first kappa shape index (κ1) is 15.7. The highest BCUT2D eigenvalue weighted by atomic mass is 19.1. The van der Waals surface area contributed by atoms with Gasteiger partial charge < -0.3 is 20.3 Å². The zero-order chi connectivity index (χ0) is 15.1. The fraction of sp³-hybridized carbons (Fsp3) is 0.533. The SMILES string of the molecule is COc1ccc(F)cc1C(=O)NCCCN1CCNCC1. The molecule has 1 saturated heterocycles. The molecule has 116 valence electrons. The Labute approximate surface area is 124 Å². The van der Waals surface area contributed by atoms with Crippen molar-refractivity contribution in [3.63, 3.8) is 0 Å². The number of nitrogens with zero attached hydrogens (tertiary/aromatic N) is 1. The zero-order valence-corrected chi connectivity index (χ0v) is 12.3. The van der Waals surface area contributed by atoms with Gasteiger partial charge in [0.05, 0.1) is 12.7 Å². The van der Waals surface area contributed by atoms with Gasteiger partial charge in [-0.05, 0) is 31.2 Å². The second-order valence-electron chi connectivity index (χ2n) is 5.05. The summed E-state index contributed by atoms with van der Waals surface area (Å²) in [5.74, 6) is -0.357. The molecule has 1 fully saturated rings. The summed E-state index contributed by atoms with van der Waals surface area (Å²) in [6.07, 6.45) is 0.878. The average molecular weight is 295 g/mol. The van der Waals surface area contributed by atoms with Crippen LogP contribution in [0.25, 0.3) is 0 Å². The third-order valence-corrected chi connectivity index (χ3v) is 3.55. The van der Waals surface area contributed by atoms with E-state index in [-0.39, 0.29) is 11.5 Å². The van der Waals surface area contributed by atoms with E-state index in [1.165, 1.54) is 25.3 Å². The number of hydrogen-bond acceptors (Lipinski definition) is 4. The Morgan fingerprint density at radius 3 is 2.90 bits per heavy atom. The van der Waals surface area contributed by atoms with Gasteiger partial charge in [0.1, 0.15) is 11.6 Å². The Morgan fingerprint density at radius 2 is 2.19 bits per heavy atom. The van der Waals surface area contributed by atoms with Crippen molar-refractivity contribution in [1.82, 2.24) is 15.5 Å². The van der Waals surface area contributed by atoms with E-state index in [1.807, 2.05) is 0 Å². The van der Waals surface area contributed by atoms with Crippen LogP contribution in [0.4, 0.5) is 4.39 Å². The molecule has 0 aliphatic carbocycles. The molecule has 2 N–H and O–H groups in total. The molecule has 1 aliphatic rings. The number of ether oxygens (including phenoxy) is 1. The first-order chi connectivity index (χ1) is 10.2. The van der Waals surface area contributed by atoms with E-state index >= 15 is 0 Å². The lowest BCUT2D eigenvalue weighted by atomic mass is 10.2. The number of nitrogens with one attached hydrogen (secondary N) is 2. The summed E-state index contributed by atoms with van der Waals surface area (Å²) in [7, 11) is 1.47. The van der Waals surface area contributed by atoms with Gasteiger partial charge in [0.2, 0.25) is 0 Å². The van der Waals surface area contributed by atoms with E-state index < -0.39 is 5.82 Å². The van der Waals surface area contributed by atoms with Crippen molar-refractivity contribution in [1.29, 1.82) is 0 Å². The molecule has 5 nitrogen and oxygen atoms in total. The van der Waals surface area contributed by atoms with Crippen LogP contribution in [0.1, 0.15) is 16.8 Å². The predicted molar refractivity (Wildman–Crippen MR) is 79.2 cm³/mol. The Morgan fingerprint density at radius 1 is 1.43 bits per heavy atom. The number of methoxy groups -OCH3 is 1. The number of halogens is 1. The molecular weight excluding hydrogens is 273 g/mol. The molecule has 0 aromatic heterocycles. The maximum atomic E-state index is 13.2. The molecule has 0 saturated carbocycles. The largest absolute Gasteiger partial charge is 0.496 e. The maximum absolute atomic E-state index is 13.2. The van der Waals surface area contributed by atoms with Crippen molar-refractivity contribution in [2.24, 2.45) is 0 Å². The van der Waals surface area contributed by atoms with Gasteiger partial charge in [0.15, 0.2) is 0 Å². The minimum atomic E-state index is -0.443. The van der Waals surface area contributed by atoms with E-state index in [0.717, 1.165) is 39.1 Å². The van der Waals surface area contributed by atoms with Gasteiger partial charge in [0.25, 0.3) is 5.91 Å². The van der Waals surface area contributed by atoms with Crippen molar-refractivity contribution in [2.75, 3.05) is 46.4 Å². The van der Waals surface area contributed by atoms with Crippen LogP contribution in [0.2, 0.25) is 0 Å². The summed E-state index contributed by atoms with van der Waals surface area (Å²) in [4.78, 5) is 14.4. The fourth-order valence-electron chi connectivity index (χ4n) is 2.39. The summed E-state index contributed by atoms with van der Waals surface area (Å²) < 4.78 is 18.3. The smallest absolute Gasteiger partial charge is 0.255 e. The van der Waals surface area contributed by atoms with Gasteiger partial charge in [-0.1, -0.05) is 0 Å². The summed E-state index contributed by atoms with van der Waals surface area (Å²) in [6.45, 7) is 5.67. The van der Waals surface area contributed by atoms with E-state index in [0.29, 0.717) is 12.3 Å². The molecule has 1 aromatic carbocycles. The molecule has 6 heteroatoms. The van der Waals surface area contributed by atoms with Crippen LogP contribution in [0.3, 0.4) is 0 Å². The van der Waals surface area contributed by atoms with Gasteiger partial charge in [-0.25, -0.2) is 4.39 Å². The van der Waals surface area contributed by atoms with Crippen molar-refractivity contribution in [3.8, 4) is 5.75 Å². The van der Waals surface area contributed by atoms with Crippen LogP contribution in [-0.2, 0) is 0 Å². The molecule has 1 heterocycles. The van der Waals surface area contributed by atoms with Gasteiger partial charge in [0, 0.05) is 32.7 Å². The Hall–Kier alpha value is -1.66. The standard InChI is InChI=1S/C15H22FN3O2/c1-21-14-4-3-12(16)11-13(14)15(20)18-5-2-8-19-9-6-17-7-10-19/h3-4,11,17H,2,5-10H2,1H3,(H,18,20). The van der Waals surface area contributed by atoms with Crippen molar-refractivity contribution < 1.29 is 13.9 Å². The topological polar surface area (TPSA) is 53.6 Å². The lowest BCUT2D eigenvalue weighted by molar-refractivity contribution is 0.0947. The number of hydrogen-bond donors (Lipinski definition) is 2. The molecule has 0 bridgehead atoms. The Kier molecular flexibility index (Phi) is 5.95. The van der Waals surface area contributed by atoms with E-state index in [4.69, 9.17) is 4.74 Å². The molecule has 0 atom stereocenters. The average Bonchev–Trinajstić information content (AvgIpc) is 2.52. The monoisotopic (exact) mass is 295 g/mol. The second kappa shape index (κ2) is 7.95. The zero-order valence-electron chi connectivity index (χ0n) is 12.3. The Bertz CT molecular complexity index is 476. The van der Waals surface area contributed by atoms with Gasteiger partial charge in [-0.3, -0.25) is 4.79 Å². The number of amides is 1. The third-order valence-electron chi connectivity index (χ3n) is 3.55. The van der Waals surface area contributed by atoms with E-state index in [9.17, 15) is 9.18 Å². The van der Waals surface area contributed by atoms with Crippen molar-refractivity contribution in [3.05, 3.63) is 29.6 Å². The maximum Gasteiger partial charge on any atom is 0.255 e. The van der Waals surface area contributed by atoms with Crippen LogP contribution >= 0.6 is 0 Å². The van der Waals surface area contributed by atoms with Gasteiger partial charge >= 0.3 is 0 Å². The number of carbonyl (C=O) groups excluding carboxylic acids is 1. The summed E-state index contributed by atoms with van der Waals surface area (Å²) in [5, 5.41) is 6.11. The van der Waals surface area contributed by atoms with Crippen LogP contribution in [-0.4, -0.2) is 57.2 Å². The van der Waals surface area contributed by atoms with Crippen LogP contribution in [0.15, 0.2) is 18.2 Å². The Balaban J connectivity index is 1.77. The lowest BCUT2D eigenvalue weighted by Gasteiger charge is -2.27. The van der Waals surface area contributed by atoms with E-state index in [2.05, 4.69) is 15.5 Å². The highest BCUT2D eigenvalue weighted by molar-refractivity contribution is 5.96. The van der Waals surface area contributed by atoms with E-state index in [1.54, 1.807) is 0 Å². The second-order valence-corrected chi connectivity index (χ2v) is 5.05. The highest BCUT2D eigenvalue weighted by Crippen LogP contribution is 2.18. The van der Waals surface area contributed by atoms with Crippen molar-refractivity contribution in [2.45, 2.75) is 6.42 Å². The predicted octanol–water partition coefficient (Wildman–Crippen LogP) is 0.859. The summed E-state index contributed by atoms with van der Waals surface area (Å²) in [5.41, 5.74) is 0.236. The first-order valence-electron chi connectivity index (χ1n) is 7.25. The third kappa shape index (κ3) is 4.68. The number of benzene rings is 1. The minimum absolute atomic E-state index is 0.236. The van der Waals surface area contributed by atoms with Crippen LogP contribution in [0.5, 0.6) is 5.75 Å². The molecular formula is C15H22FN3O2. The van der Waals surface area contributed by atoms with Crippen LogP contribution in [0, 0.1) is 5.82 Å². The molecule has 21 heavy (non-hydrogen) atoms. The number of rotatable bonds is 6. The minimum Gasteiger partial charge on any atom is -0.496 e. The van der Waals surface area contributed by atoms with Crippen molar-refractivity contribution >= 4 is 5.91 Å². The summed E-state index contributed by atoms with van der Waals surface area (Å²) in [6, 6.07) is 3.94. The molecule has 0 unspecified atom stereocenters. The number of piperazine rings is 1. The molecule has 0 radical (unpaired) electrons. The first-order valence-corrected chi connectivity index (χ1v) is 7.25. The van der Waals surface area contributed by atoms with Gasteiger partial charge in [-0.2, -0.15) is 0 Å². The molecule has 1 amide bonds. The molecule has 1 aliphatic heterocycles. The van der Waals surface area contributed by atoms with Gasteiger partial charge in [-0.15, -0.1) is 0 Å². The normalized spacial score (nSPS) is 15.7. The summed E-state index contributed by atoms with van der Waals surface area (Å²) >= 11 is 0. The molecule has 0 spiro atoms. The van der Waals surface area contributed by atoms with Crippen LogP contribution < -0.4 is 15.4 Å². The fourth-order valence-corrected chi connectivity index (χ4v) is 2.39. The quantitative estimate of drug-likeness (QED) is 0.764. The number of carbonyl (C=O) groups is 1. The highest BCUT2D eigenvalue weighted by Gasteiger charge is 2.13.